The van der Waals surface area contributed by atoms with Gasteiger partial charge < -0.3 is 9.47 Å². The van der Waals surface area contributed by atoms with Crippen molar-refractivity contribution in [3.63, 3.8) is 0 Å². The molecule has 1 aliphatic heterocycles. The summed E-state index contributed by atoms with van der Waals surface area (Å²) in [6, 6.07) is 9.32. The largest absolute Gasteiger partial charge is 0.486 e. The number of allylic oxidation sites excluding steroid dienone is 1. The molecular weight excluding hydrogens is 307 g/mol. The minimum atomic E-state index is -0.473. The first-order valence-electron chi connectivity index (χ1n) is 6.71. The Labute approximate surface area is 131 Å². The highest BCUT2D eigenvalue weighted by molar-refractivity contribution is 6.32. The second kappa shape index (κ2) is 6.20. The highest BCUT2D eigenvalue weighted by Gasteiger charge is 2.14. The molecule has 0 saturated heterocycles. The highest BCUT2D eigenvalue weighted by Crippen LogP contribution is 2.31. The van der Waals surface area contributed by atoms with Gasteiger partial charge in [-0.25, -0.2) is 4.39 Å². The zero-order chi connectivity index (χ0) is 15.5. The van der Waals surface area contributed by atoms with E-state index in [0.717, 1.165) is 0 Å². The average molecular weight is 319 g/mol. The van der Waals surface area contributed by atoms with Gasteiger partial charge in [-0.15, -0.1) is 0 Å². The second-order valence-corrected chi connectivity index (χ2v) is 5.10. The molecule has 112 valence electrons. The number of carbonyl (C=O) groups is 1. The van der Waals surface area contributed by atoms with Crippen molar-refractivity contribution in [3.05, 3.63) is 64.4 Å². The zero-order valence-electron chi connectivity index (χ0n) is 11.5. The maximum Gasteiger partial charge on any atom is 0.185 e. The van der Waals surface area contributed by atoms with Crippen LogP contribution in [0.1, 0.15) is 15.9 Å². The molecule has 3 nitrogen and oxygen atoms in total. The van der Waals surface area contributed by atoms with Crippen LogP contribution >= 0.6 is 11.6 Å². The van der Waals surface area contributed by atoms with Crippen molar-refractivity contribution < 1.29 is 18.7 Å². The lowest BCUT2D eigenvalue weighted by atomic mass is 10.1. The lowest BCUT2D eigenvalue weighted by Gasteiger charge is -2.18. The minimum Gasteiger partial charge on any atom is -0.486 e. The number of carbonyl (C=O) groups excluding carboxylic acids is 1. The molecule has 22 heavy (non-hydrogen) atoms. The summed E-state index contributed by atoms with van der Waals surface area (Å²) in [5, 5.41) is 0.256. The van der Waals surface area contributed by atoms with Crippen molar-refractivity contribution in [1.82, 2.24) is 0 Å². The molecule has 5 heteroatoms. The van der Waals surface area contributed by atoms with E-state index in [4.69, 9.17) is 21.1 Å². The third-order valence-corrected chi connectivity index (χ3v) is 3.56. The van der Waals surface area contributed by atoms with E-state index >= 15 is 0 Å². The SMILES string of the molecule is O=C(/C=C\c1c(F)cccc1Cl)c1ccc2c(c1)OCCO2. The minimum absolute atomic E-state index is 0.190. The summed E-state index contributed by atoms with van der Waals surface area (Å²) in [6.07, 6.45) is 2.66. The number of fused-ring (bicyclic) bond motifs is 1. The first-order chi connectivity index (χ1) is 10.6. The van der Waals surface area contributed by atoms with Crippen molar-refractivity contribution in [2.45, 2.75) is 0 Å². The Balaban J connectivity index is 1.84. The van der Waals surface area contributed by atoms with Gasteiger partial charge in [0.1, 0.15) is 19.0 Å². The summed E-state index contributed by atoms with van der Waals surface area (Å²) in [7, 11) is 0. The maximum absolute atomic E-state index is 13.6. The van der Waals surface area contributed by atoms with Crippen LogP contribution < -0.4 is 9.47 Å². The number of hydrogen-bond donors (Lipinski definition) is 0. The Kier molecular flexibility index (Phi) is 4.11. The molecule has 0 atom stereocenters. The van der Waals surface area contributed by atoms with E-state index in [1.807, 2.05) is 0 Å². The van der Waals surface area contributed by atoms with Gasteiger partial charge in [-0.2, -0.15) is 0 Å². The number of hydrogen-bond acceptors (Lipinski definition) is 3. The Morgan fingerprint density at radius 1 is 1.14 bits per heavy atom. The summed E-state index contributed by atoms with van der Waals surface area (Å²) in [5.41, 5.74) is 0.628. The molecular formula is C17H12ClFO3. The van der Waals surface area contributed by atoms with E-state index in [-0.39, 0.29) is 16.4 Å². The van der Waals surface area contributed by atoms with Crippen LogP contribution in [0, 0.1) is 5.82 Å². The summed E-state index contributed by atoms with van der Waals surface area (Å²) in [4.78, 5) is 12.2. The van der Waals surface area contributed by atoms with Crippen molar-refractivity contribution >= 4 is 23.5 Å². The first-order valence-corrected chi connectivity index (χ1v) is 7.09. The molecule has 2 aromatic rings. The molecule has 0 spiro atoms. The van der Waals surface area contributed by atoms with E-state index < -0.39 is 5.82 Å². The fourth-order valence-corrected chi connectivity index (χ4v) is 2.35. The molecule has 0 N–H and O–H groups in total. The van der Waals surface area contributed by atoms with Crippen LogP contribution in [0.3, 0.4) is 0 Å². The number of ether oxygens (including phenoxy) is 2. The van der Waals surface area contributed by atoms with Crippen LogP contribution in [0.25, 0.3) is 6.08 Å². The molecule has 0 saturated carbocycles. The van der Waals surface area contributed by atoms with Gasteiger partial charge in [0.2, 0.25) is 0 Å². The van der Waals surface area contributed by atoms with Gasteiger partial charge in [-0.1, -0.05) is 17.7 Å². The van der Waals surface area contributed by atoms with Gasteiger partial charge in [0.05, 0.1) is 5.02 Å². The van der Waals surface area contributed by atoms with Crippen molar-refractivity contribution in [1.29, 1.82) is 0 Å². The van der Waals surface area contributed by atoms with Crippen LogP contribution in [-0.2, 0) is 0 Å². The predicted molar refractivity (Wildman–Crippen MR) is 82.2 cm³/mol. The van der Waals surface area contributed by atoms with Gasteiger partial charge in [-0.3, -0.25) is 4.79 Å². The Morgan fingerprint density at radius 2 is 1.91 bits per heavy atom. The molecule has 0 aliphatic carbocycles. The molecule has 0 fully saturated rings. The predicted octanol–water partition coefficient (Wildman–Crippen LogP) is 4.15. The third kappa shape index (κ3) is 2.97. The second-order valence-electron chi connectivity index (χ2n) is 4.69. The molecule has 2 aromatic carbocycles. The van der Waals surface area contributed by atoms with Gasteiger partial charge in [0, 0.05) is 11.1 Å². The Bertz CT molecular complexity index is 735. The standard InChI is InChI=1S/C17H12ClFO3/c18-13-2-1-3-14(19)12(13)5-6-15(20)11-4-7-16-17(10-11)22-9-8-21-16/h1-7,10H,8-9H2/b6-5-. The quantitative estimate of drug-likeness (QED) is 0.630. The maximum atomic E-state index is 13.6. The average Bonchev–Trinajstić information content (AvgIpc) is 2.53. The van der Waals surface area contributed by atoms with E-state index in [9.17, 15) is 9.18 Å². The number of halogens is 2. The van der Waals surface area contributed by atoms with Gasteiger partial charge in [-0.05, 0) is 42.5 Å². The lowest BCUT2D eigenvalue weighted by Crippen LogP contribution is -2.15. The van der Waals surface area contributed by atoms with E-state index in [0.29, 0.717) is 30.3 Å². The fourth-order valence-electron chi connectivity index (χ4n) is 2.12. The first kappa shape index (κ1) is 14.6. The summed E-state index contributed by atoms with van der Waals surface area (Å²) < 4.78 is 24.5. The molecule has 0 bridgehead atoms. The van der Waals surface area contributed by atoms with Crippen LogP contribution in [0.15, 0.2) is 42.5 Å². The topological polar surface area (TPSA) is 35.5 Å². The zero-order valence-corrected chi connectivity index (χ0v) is 12.3. The summed E-state index contributed by atoms with van der Waals surface area (Å²) >= 11 is 5.91. The molecule has 0 amide bonds. The van der Waals surface area contributed by atoms with Crippen LogP contribution in [0.4, 0.5) is 4.39 Å². The third-order valence-electron chi connectivity index (χ3n) is 3.23. The highest BCUT2D eigenvalue weighted by atomic mass is 35.5. The van der Waals surface area contributed by atoms with E-state index in [1.165, 1.54) is 24.3 Å². The van der Waals surface area contributed by atoms with Gasteiger partial charge in [0.25, 0.3) is 0 Å². The summed E-state index contributed by atoms with van der Waals surface area (Å²) in [6.45, 7) is 0.942. The monoisotopic (exact) mass is 318 g/mol. The fraction of sp³-hybridized carbons (Fsp3) is 0.118. The number of rotatable bonds is 3. The van der Waals surface area contributed by atoms with Crippen LogP contribution in [0.2, 0.25) is 5.02 Å². The van der Waals surface area contributed by atoms with Crippen LogP contribution in [-0.4, -0.2) is 19.0 Å². The van der Waals surface area contributed by atoms with Crippen molar-refractivity contribution in [3.8, 4) is 11.5 Å². The van der Waals surface area contributed by atoms with Gasteiger partial charge >= 0.3 is 0 Å². The number of ketones is 1. The lowest BCUT2D eigenvalue weighted by molar-refractivity contribution is 0.104. The number of benzene rings is 2. The molecule has 1 aliphatic rings. The van der Waals surface area contributed by atoms with Crippen molar-refractivity contribution in [2.75, 3.05) is 13.2 Å². The molecule has 3 rings (SSSR count). The smallest absolute Gasteiger partial charge is 0.185 e. The summed E-state index contributed by atoms with van der Waals surface area (Å²) in [5.74, 6) is 0.411. The van der Waals surface area contributed by atoms with E-state index in [2.05, 4.69) is 0 Å². The van der Waals surface area contributed by atoms with Crippen LogP contribution in [0.5, 0.6) is 11.5 Å². The van der Waals surface area contributed by atoms with E-state index in [1.54, 1.807) is 24.3 Å². The normalized spacial score (nSPS) is 13.4. The molecule has 0 aromatic heterocycles. The van der Waals surface area contributed by atoms with Gasteiger partial charge in [0.15, 0.2) is 17.3 Å². The molecule has 0 unspecified atom stereocenters. The Hall–Kier alpha value is -2.33. The molecule has 1 heterocycles. The van der Waals surface area contributed by atoms with Crippen molar-refractivity contribution in [2.24, 2.45) is 0 Å². The molecule has 0 radical (unpaired) electrons. The Morgan fingerprint density at radius 3 is 2.68 bits per heavy atom.